The molecular weight excluding hydrogens is 360 g/mol. The molecule has 0 fully saturated rings. The Morgan fingerprint density at radius 1 is 0.931 bits per heavy atom. The van der Waals surface area contributed by atoms with Gasteiger partial charge in [-0.1, -0.05) is 18.2 Å². The van der Waals surface area contributed by atoms with E-state index in [9.17, 15) is 4.79 Å². The second kappa shape index (κ2) is 6.01. The third-order valence-corrected chi connectivity index (χ3v) is 5.89. The molecule has 3 heterocycles. The average molecular weight is 382 g/mol. The highest BCUT2D eigenvalue weighted by atomic mass is 16.2. The zero-order chi connectivity index (χ0) is 20.3. The zero-order valence-corrected chi connectivity index (χ0v) is 17.0. The Balaban J connectivity index is 1.69. The minimum absolute atomic E-state index is 0.0818. The number of hydrogen-bond donors (Lipinski definition) is 0. The Kier molecular flexibility index (Phi) is 3.65. The first-order chi connectivity index (χ1) is 13.9. The van der Waals surface area contributed by atoms with Crippen molar-refractivity contribution >= 4 is 28.2 Å². The number of hydrogen-bond acceptors (Lipinski definition) is 3. The van der Waals surface area contributed by atoms with Gasteiger partial charge in [0.05, 0.1) is 16.8 Å². The fourth-order valence-electron chi connectivity index (χ4n) is 4.12. The molecule has 1 amide bonds. The Morgan fingerprint density at radius 2 is 1.69 bits per heavy atom. The summed E-state index contributed by atoms with van der Waals surface area (Å²) in [6, 6.07) is 14.4. The number of carbonyl (C=O) groups excluding carboxylic acids is 1. The van der Waals surface area contributed by atoms with E-state index in [1.807, 2.05) is 63.4 Å². The summed E-state index contributed by atoms with van der Waals surface area (Å²) in [6.07, 6.45) is 5.69. The van der Waals surface area contributed by atoms with E-state index < -0.39 is 5.41 Å². The first-order valence-corrected chi connectivity index (χ1v) is 9.69. The molecule has 0 atom stereocenters. The molecule has 29 heavy (non-hydrogen) atoms. The number of aromatic nitrogens is 3. The normalized spacial score (nSPS) is 15.2. The van der Waals surface area contributed by atoms with Crippen molar-refractivity contribution in [3.8, 4) is 11.1 Å². The molecule has 2 aromatic carbocycles. The quantitative estimate of drug-likeness (QED) is 0.495. The van der Waals surface area contributed by atoms with Gasteiger partial charge in [0.25, 0.3) is 0 Å². The monoisotopic (exact) mass is 382 g/mol. The van der Waals surface area contributed by atoms with Crippen LogP contribution in [0.25, 0.3) is 22.0 Å². The molecule has 0 spiro atoms. The molecule has 144 valence electrons. The van der Waals surface area contributed by atoms with Crippen LogP contribution >= 0.6 is 0 Å². The van der Waals surface area contributed by atoms with Gasteiger partial charge in [0.1, 0.15) is 5.82 Å². The van der Waals surface area contributed by atoms with Gasteiger partial charge < -0.3 is 4.57 Å². The topological polar surface area (TPSA) is 51.0 Å². The SMILES string of the molecule is Cc1ncc(-c2ccc3c(c2)N(c2ccc4ccn(C)c4c2)C(=O)C3(C)C)cn1. The standard InChI is InChI=1S/C24H22N4O/c1-15-25-13-18(14-26-15)17-6-8-20-22(11-17)28(23(29)24(20,2)3)19-7-5-16-9-10-27(4)21(16)12-19/h5-14H,1-4H3. The first kappa shape index (κ1) is 17.6. The highest BCUT2D eigenvalue weighted by molar-refractivity contribution is 6.13. The van der Waals surface area contributed by atoms with Gasteiger partial charge in [-0.3, -0.25) is 9.69 Å². The maximum atomic E-state index is 13.4. The van der Waals surface area contributed by atoms with Gasteiger partial charge in [-0.15, -0.1) is 0 Å². The van der Waals surface area contributed by atoms with Crippen molar-refractivity contribution in [2.75, 3.05) is 4.90 Å². The number of fused-ring (bicyclic) bond motifs is 2. The minimum atomic E-state index is -0.583. The van der Waals surface area contributed by atoms with Crippen molar-refractivity contribution in [2.24, 2.45) is 7.05 Å². The maximum Gasteiger partial charge on any atom is 0.241 e. The molecule has 1 aliphatic rings. The molecule has 0 bridgehead atoms. The molecule has 2 aromatic heterocycles. The lowest BCUT2D eigenvalue weighted by Crippen LogP contribution is -2.33. The Hall–Kier alpha value is -3.47. The molecule has 0 aliphatic carbocycles. The van der Waals surface area contributed by atoms with E-state index in [0.717, 1.165) is 44.8 Å². The number of anilines is 2. The van der Waals surface area contributed by atoms with Crippen LogP contribution in [0.3, 0.4) is 0 Å². The molecule has 5 nitrogen and oxygen atoms in total. The van der Waals surface area contributed by atoms with E-state index in [4.69, 9.17) is 0 Å². The number of carbonyl (C=O) groups is 1. The van der Waals surface area contributed by atoms with Crippen molar-refractivity contribution in [1.29, 1.82) is 0 Å². The van der Waals surface area contributed by atoms with E-state index in [1.165, 1.54) is 0 Å². The molecule has 1 aliphatic heterocycles. The van der Waals surface area contributed by atoms with Gasteiger partial charge in [0, 0.05) is 36.7 Å². The number of aryl methyl sites for hydroxylation is 2. The minimum Gasteiger partial charge on any atom is -0.350 e. The summed E-state index contributed by atoms with van der Waals surface area (Å²) in [5.74, 6) is 0.821. The number of amides is 1. The first-order valence-electron chi connectivity index (χ1n) is 9.69. The van der Waals surface area contributed by atoms with Crippen LogP contribution in [0.2, 0.25) is 0 Å². The van der Waals surface area contributed by atoms with Crippen LogP contribution in [-0.2, 0) is 17.3 Å². The molecule has 5 rings (SSSR count). The maximum absolute atomic E-state index is 13.4. The third-order valence-electron chi connectivity index (χ3n) is 5.89. The molecule has 0 radical (unpaired) electrons. The van der Waals surface area contributed by atoms with E-state index in [1.54, 1.807) is 0 Å². The van der Waals surface area contributed by atoms with E-state index in [0.29, 0.717) is 0 Å². The predicted octanol–water partition coefficient (Wildman–Crippen LogP) is 4.90. The van der Waals surface area contributed by atoms with Crippen molar-refractivity contribution < 1.29 is 4.79 Å². The third kappa shape index (κ3) is 2.58. The smallest absolute Gasteiger partial charge is 0.241 e. The van der Waals surface area contributed by atoms with Crippen LogP contribution in [0, 0.1) is 6.92 Å². The van der Waals surface area contributed by atoms with E-state index in [-0.39, 0.29) is 5.91 Å². The summed E-state index contributed by atoms with van der Waals surface area (Å²) in [5, 5.41) is 1.16. The lowest BCUT2D eigenvalue weighted by molar-refractivity contribution is -0.121. The summed E-state index contributed by atoms with van der Waals surface area (Å²) in [4.78, 5) is 23.9. The molecular formula is C24H22N4O. The van der Waals surface area contributed by atoms with Crippen LogP contribution < -0.4 is 4.90 Å². The molecule has 0 saturated carbocycles. The van der Waals surface area contributed by atoms with Crippen LogP contribution in [0.4, 0.5) is 11.4 Å². The number of benzene rings is 2. The van der Waals surface area contributed by atoms with Gasteiger partial charge in [0.2, 0.25) is 5.91 Å². The van der Waals surface area contributed by atoms with E-state index >= 15 is 0 Å². The van der Waals surface area contributed by atoms with Crippen LogP contribution in [-0.4, -0.2) is 20.4 Å². The highest BCUT2D eigenvalue weighted by Crippen LogP contribution is 2.47. The van der Waals surface area contributed by atoms with Crippen molar-refractivity contribution in [1.82, 2.24) is 14.5 Å². The van der Waals surface area contributed by atoms with Crippen molar-refractivity contribution in [3.05, 3.63) is 72.4 Å². The molecule has 4 aromatic rings. The second-order valence-corrected chi connectivity index (χ2v) is 8.19. The summed E-state index contributed by atoms with van der Waals surface area (Å²) >= 11 is 0. The Morgan fingerprint density at radius 3 is 2.45 bits per heavy atom. The summed E-state index contributed by atoms with van der Waals surface area (Å²) < 4.78 is 2.07. The fraction of sp³-hybridized carbons (Fsp3) is 0.208. The molecule has 5 heteroatoms. The van der Waals surface area contributed by atoms with Gasteiger partial charge in [-0.25, -0.2) is 9.97 Å². The van der Waals surface area contributed by atoms with Gasteiger partial charge in [-0.05, 0) is 61.5 Å². The summed E-state index contributed by atoms with van der Waals surface area (Å²) in [6.45, 7) is 5.85. The molecule has 0 saturated heterocycles. The Bertz CT molecular complexity index is 1270. The zero-order valence-electron chi connectivity index (χ0n) is 17.0. The largest absolute Gasteiger partial charge is 0.350 e. The van der Waals surface area contributed by atoms with Crippen molar-refractivity contribution in [3.63, 3.8) is 0 Å². The number of nitrogens with zero attached hydrogens (tertiary/aromatic N) is 4. The molecule has 0 unspecified atom stereocenters. The average Bonchev–Trinajstić information content (AvgIpc) is 3.17. The fourth-order valence-corrected chi connectivity index (χ4v) is 4.12. The van der Waals surface area contributed by atoms with Crippen LogP contribution in [0.15, 0.2) is 61.1 Å². The van der Waals surface area contributed by atoms with E-state index in [2.05, 4.69) is 44.9 Å². The predicted molar refractivity (Wildman–Crippen MR) is 115 cm³/mol. The van der Waals surface area contributed by atoms with Crippen LogP contribution in [0.1, 0.15) is 25.2 Å². The van der Waals surface area contributed by atoms with Gasteiger partial charge in [-0.2, -0.15) is 0 Å². The lowest BCUT2D eigenvalue weighted by atomic mass is 9.85. The summed E-state index contributed by atoms with van der Waals surface area (Å²) in [5.41, 5.74) is 5.30. The van der Waals surface area contributed by atoms with Gasteiger partial charge in [0.15, 0.2) is 0 Å². The lowest BCUT2D eigenvalue weighted by Gasteiger charge is -2.21. The van der Waals surface area contributed by atoms with Crippen molar-refractivity contribution in [2.45, 2.75) is 26.2 Å². The highest BCUT2D eigenvalue weighted by Gasteiger charge is 2.44. The van der Waals surface area contributed by atoms with Gasteiger partial charge >= 0.3 is 0 Å². The Labute approximate surface area is 169 Å². The number of rotatable bonds is 2. The second-order valence-electron chi connectivity index (χ2n) is 8.19. The summed E-state index contributed by atoms with van der Waals surface area (Å²) in [7, 11) is 2.02. The van der Waals surface area contributed by atoms with Crippen LogP contribution in [0.5, 0.6) is 0 Å². The molecule has 0 N–H and O–H groups in total.